The molecule has 1 aliphatic heterocycles. The van der Waals surface area contributed by atoms with Gasteiger partial charge in [-0.2, -0.15) is 0 Å². The minimum Gasteiger partial charge on any atom is -0.450 e. The van der Waals surface area contributed by atoms with Crippen molar-refractivity contribution in [1.29, 1.82) is 0 Å². The summed E-state index contributed by atoms with van der Waals surface area (Å²) in [6, 6.07) is 7.76. The molecule has 1 aromatic carbocycles. The van der Waals surface area contributed by atoms with Gasteiger partial charge in [-0.05, 0) is 30.4 Å². The molecule has 0 unspecified atom stereocenters. The minimum atomic E-state index is -0.811. The number of ether oxygens (including phenoxy) is 1. The molecule has 1 aliphatic rings. The molecule has 0 radical (unpaired) electrons. The molecule has 0 spiro atoms. The molecule has 6 nitrogen and oxygen atoms in total. The van der Waals surface area contributed by atoms with Crippen molar-refractivity contribution in [2.45, 2.75) is 20.3 Å². The fraction of sp³-hybridized carbons (Fsp3) is 0.421. The second-order valence-corrected chi connectivity index (χ2v) is 6.79. The zero-order valence-electron chi connectivity index (χ0n) is 14.4. The van der Waals surface area contributed by atoms with E-state index in [1.54, 1.807) is 29.2 Å². The smallest absolute Gasteiger partial charge is 0.374 e. The van der Waals surface area contributed by atoms with Gasteiger partial charge in [0.25, 0.3) is 5.91 Å². The van der Waals surface area contributed by atoms with Crippen LogP contribution in [0, 0.1) is 11.8 Å². The van der Waals surface area contributed by atoms with Crippen LogP contribution in [0.5, 0.6) is 0 Å². The number of carbonyl (C=O) groups excluding carboxylic acids is 2. The molecule has 2 atom stereocenters. The SMILES string of the molecule is C[C@H]1C[C@H](C)CN(C(=O)COC(=O)c2cc(=O)c3ccccc3o2)C1. The average molecular weight is 343 g/mol. The zero-order chi connectivity index (χ0) is 18.0. The quantitative estimate of drug-likeness (QED) is 0.800. The molecule has 2 heterocycles. The summed E-state index contributed by atoms with van der Waals surface area (Å²) < 4.78 is 10.5. The van der Waals surface area contributed by atoms with E-state index in [2.05, 4.69) is 13.8 Å². The molecule has 132 valence electrons. The molecule has 1 amide bonds. The van der Waals surface area contributed by atoms with Crippen LogP contribution in [0.1, 0.15) is 30.8 Å². The number of carbonyl (C=O) groups is 2. The molecule has 3 rings (SSSR count). The average Bonchev–Trinajstić information content (AvgIpc) is 2.58. The molecule has 6 heteroatoms. The fourth-order valence-electron chi connectivity index (χ4n) is 3.36. The molecule has 25 heavy (non-hydrogen) atoms. The largest absolute Gasteiger partial charge is 0.450 e. The molecule has 1 saturated heterocycles. The third-order valence-electron chi connectivity index (χ3n) is 4.38. The summed E-state index contributed by atoms with van der Waals surface area (Å²) in [6.07, 6.45) is 1.09. The fourth-order valence-corrected chi connectivity index (χ4v) is 3.36. The van der Waals surface area contributed by atoms with Crippen LogP contribution in [-0.4, -0.2) is 36.5 Å². The zero-order valence-corrected chi connectivity index (χ0v) is 14.4. The first-order valence-corrected chi connectivity index (χ1v) is 8.42. The lowest BCUT2D eigenvalue weighted by Gasteiger charge is -2.34. The number of hydrogen-bond acceptors (Lipinski definition) is 5. The highest BCUT2D eigenvalue weighted by Gasteiger charge is 2.26. The predicted molar refractivity (Wildman–Crippen MR) is 92.3 cm³/mol. The van der Waals surface area contributed by atoms with E-state index in [-0.39, 0.29) is 23.7 Å². The standard InChI is InChI=1S/C19H21NO5/c1-12-7-13(2)10-20(9-12)18(22)11-24-19(23)17-8-15(21)14-5-3-4-6-16(14)25-17/h3-6,8,12-13H,7,9-11H2,1-2H3/t12-,13-/m0/s1. The summed E-state index contributed by atoms with van der Waals surface area (Å²) in [5, 5.41) is 0.395. The molecule has 0 aliphatic carbocycles. The number of rotatable bonds is 3. The summed E-state index contributed by atoms with van der Waals surface area (Å²) >= 11 is 0. The lowest BCUT2D eigenvalue weighted by Crippen LogP contribution is -2.44. The number of likely N-dealkylation sites (tertiary alicyclic amines) is 1. The highest BCUT2D eigenvalue weighted by atomic mass is 16.5. The molecule has 2 aromatic rings. The van der Waals surface area contributed by atoms with Crippen LogP contribution in [0.15, 0.2) is 39.5 Å². The molecule has 0 bridgehead atoms. The van der Waals surface area contributed by atoms with E-state index in [1.165, 1.54) is 0 Å². The van der Waals surface area contributed by atoms with E-state index in [0.29, 0.717) is 35.9 Å². The molecule has 0 N–H and O–H groups in total. The summed E-state index contributed by atoms with van der Waals surface area (Å²) in [5.41, 5.74) is -0.00855. The number of hydrogen-bond donors (Lipinski definition) is 0. The third kappa shape index (κ3) is 3.90. The highest BCUT2D eigenvalue weighted by molar-refractivity contribution is 5.90. The van der Waals surface area contributed by atoms with Gasteiger partial charge in [-0.1, -0.05) is 26.0 Å². The van der Waals surface area contributed by atoms with Crippen LogP contribution in [0.2, 0.25) is 0 Å². The predicted octanol–water partition coefficient (Wildman–Crippen LogP) is 2.45. The van der Waals surface area contributed by atoms with Crippen LogP contribution in [-0.2, 0) is 9.53 Å². The topological polar surface area (TPSA) is 76.8 Å². The molecule has 0 saturated carbocycles. The summed E-state index contributed by atoms with van der Waals surface area (Å²) in [4.78, 5) is 38.1. The Labute approximate surface area is 145 Å². The Bertz CT molecular complexity index is 846. The van der Waals surface area contributed by atoms with Gasteiger partial charge in [0.15, 0.2) is 12.0 Å². The first kappa shape index (κ1) is 17.2. The number of nitrogens with zero attached hydrogens (tertiary/aromatic N) is 1. The molecular formula is C19H21NO5. The van der Waals surface area contributed by atoms with Gasteiger partial charge >= 0.3 is 5.97 Å². The Hall–Kier alpha value is -2.63. The van der Waals surface area contributed by atoms with Crippen molar-refractivity contribution >= 4 is 22.8 Å². The number of piperidine rings is 1. The second kappa shape index (κ2) is 7.09. The van der Waals surface area contributed by atoms with E-state index >= 15 is 0 Å². The van der Waals surface area contributed by atoms with Crippen LogP contribution in [0.3, 0.4) is 0 Å². The third-order valence-corrected chi connectivity index (χ3v) is 4.38. The maximum absolute atomic E-state index is 12.3. The Morgan fingerprint density at radius 2 is 1.88 bits per heavy atom. The number of para-hydroxylation sites is 1. The van der Waals surface area contributed by atoms with Crippen molar-refractivity contribution in [3.05, 3.63) is 46.3 Å². The van der Waals surface area contributed by atoms with E-state index in [4.69, 9.17) is 9.15 Å². The van der Waals surface area contributed by atoms with Crippen LogP contribution in [0.4, 0.5) is 0 Å². The van der Waals surface area contributed by atoms with Crippen molar-refractivity contribution < 1.29 is 18.7 Å². The van der Waals surface area contributed by atoms with E-state index < -0.39 is 5.97 Å². The van der Waals surface area contributed by atoms with Crippen LogP contribution >= 0.6 is 0 Å². The second-order valence-electron chi connectivity index (χ2n) is 6.79. The van der Waals surface area contributed by atoms with Gasteiger partial charge in [0.05, 0.1) is 5.39 Å². The monoisotopic (exact) mass is 343 g/mol. The first-order chi connectivity index (χ1) is 11.9. The van der Waals surface area contributed by atoms with Crippen LogP contribution in [0.25, 0.3) is 11.0 Å². The summed E-state index contributed by atoms with van der Waals surface area (Å²) in [5.74, 6) is -0.370. The van der Waals surface area contributed by atoms with Gasteiger partial charge in [-0.3, -0.25) is 9.59 Å². The maximum atomic E-state index is 12.3. The number of fused-ring (bicyclic) bond motifs is 1. The van der Waals surface area contributed by atoms with Gasteiger partial charge in [-0.15, -0.1) is 0 Å². The van der Waals surface area contributed by atoms with Gasteiger partial charge in [0.1, 0.15) is 5.58 Å². The molecule has 1 aromatic heterocycles. The maximum Gasteiger partial charge on any atom is 0.374 e. The van der Waals surface area contributed by atoms with Crippen molar-refractivity contribution in [1.82, 2.24) is 4.90 Å². The number of esters is 1. The molecular weight excluding hydrogens is 322 g/mol. The van der Waals surface area contributed by atoms with E-state index in [0.717, 1.165) is 12.5 Å². The minimum absolute atomic E-state index is 0.197. The van der Waals surface area contributed by atoms with E-state index in [1.807, 2.05) is 0 Å². The first-order valence-electron chi connectivity index (χ1n) is 8.42. The van der Waals surface area contributed by atoms with Crippen molar-refractivity contribution in [3.8, 4) is 0 Å². The number of benzene rings is 1. The Balaban J connectivity index is 1.66. The van der Waals surface area contributed by atoms with Crippen molar-refractivity contribution in [2.75, 3.05) is 19.7 Å². The van der Waals surface area contributed by atoms with Crippen molar-refractivity contribution in [2.24, 2.45) is 11.8 Å². The molecule has 1 fully saturated rings. The van der Waals surface area contributed by atoms with Gasteiger partial charge in [0, 0.05) is 19.2 Å². The summed E-state index contributed by atoms with van der Waals surface area (Å²) in [7, 11) is 0. The lowest BCUT2D eigenvalue weighted by atomic mass is 9.92. The number of amides is 1. The lowest BCUT2D eigenvalue weighted by molar-refractivity contribution is -0.137. The Morgan fingerprint density at radius 3 is 2.60 bits per heavy atom. The normalized spacial score (nSPS) is 20.5. The van der Waals surface area contributed by atoms with Crippen LogP contribution < -0.4 is 5.43 Å². The van der Waals surface area contributed by atoms with E-state index in [9.17, 15) is 14.4 Å². The van der Waals surface area contributed by atoms with Crippen molar-refractivity contribution in [3.63, 3.8) is 0 Å². The Kier molecular flexibility index (Phi) is 4.88. The van der Waals surface area contributed by atoms with Gasteiger partial charge < -0.3 is 14.1 Å². The highest BCUT2D eigenvalue weighted by Crippen LogP contribution is 2.21. The Morgan fingerprint density at radius 1 is 1.20 bits per heavy atom. The van der Waals surface area contributed by atoms with Gasteiger partial charge in [0.2, 0.25) is 5.76 Å². The van der Waals surface area contributed by atoms with Gasteiger partial charge in [-0.25, -0.2) is 4.79 Å². The summed E-state index contributed by atoms with van der Waals surface area (Å²) in [6.45, 7) is 5.20.